The average molecular weight is 438 g/mol. The Labute approximate surface area is 177 Å². The largest absolute Gasteiger partial charge is 0.493 e. The zero-order valence-electron chi connectivity index (χ0n) is 17.3. The van der Waals surface area contributed by atoms with Crippen LogP contribution in [-0.4, -0.2) is 57.4 Å². The van der Waals surface area contributed by atoms with Gasteiger partial charge in [0, 0.05) is 24.1 Å². The number of dihydropyridines is 1. The van der Waals surface area contributed by atoms with Crippen LogP contribution in [0, 0.1) is 6.92 Å². The number of H-pyrrole nitrogens is 1. The summed E-state index contributed by atoms with van der Waals surface area (Å²) < 4.78 is 44.1. The quantitative estimate of drug-likeness (QED) is 0.506. The summed E-state index contributed by atoms with van der Waals surface area (Å²) in [5.41, 5.74) is 2.35. The van der Waals surface area contributed by atoms with Crippen LogP contribution in [0.5, 0.6) is 5.75 Å². The van der Waals surface area contributed by atoms with E-state index in [0.717, 1.165) is 28.5 Å². The molecule has 0 radical (unpaired) electrons. The molecule has 1 aromatic carbocycles. The Morgan fingerprint density at radius 3 is 2.65 bits per heavy atom. The second-order valence-corrected chi connectivity index (χ2v) is 7.24. The summed E-state index contributed by atoms with van der Waals surface area (Å²) in [4.78, 5) is 4.45. The molecule has 1 atom stereocenters. The number of hydrogen-bond donors (Lipinski definition) is 4. The van der Waals surface area contributed by atoms with Gasteiger partial charge in [-0.2, -0.15) is 18.3 Å². The third kappa shape index (κ3) is 5.45. The van der Waals surface area contributed by atoms with Crippen molar-refractivity contribution in [2.24, 2.45) is 0 Å². The predicted octanol–water partition coefficient (Wildman–Crippen LogP) is 2.90. The molecule has 0 amide bonds. The van der Waals surface area contributed by atoms with Crippen molar-refractivity contribution in [2.45, 2.75) is 39.0 Å². The molecule has 1 aromatic heterocycles. The van der Waals surface area contributed by atoms with Crippen LogP contribution in [0.4, 0.5) is 13.2 Å². The highest BCUT2D eigenvalue weighted by molar-refractivity contribution is 5.68. The van der Waals surface area contributed by atoms with E-state index in [1.165, 1.54) is 6.08 Å². The Morgan fingerprint density at radius 2 is 2.03 bits per heavy atom. The molecule has 2 heterocycles. The normalized spacial score (nSPS) is 15.2. The number of rotatable bonds is 8. The number of aromatic amines is 1. The van der Waals surface area contributed by atoms with Crippen molar-refractivity contribution < 1.29 is 28.1 Å². The predicted molar refractivity (Wildman–Crippen MR) is 109 cm³/mol. The van der Waals surface area contributed by atoms with E-state index in [4.69, 9.17) is 9.84 Å². The van der Waals surface area contributed by atoms with Crippen LogP contribution >= 0.6 is 0 Å². The summed E-state index contributed by atoms with van der Waals surface area (Å²) in [6.45, 7) is 3.83. The molecule has 4 N–H and O–H groups in total. The van der Waals surface area contributed by atoms with Gasteiger partial charge in [-0.1, -0.05) is 13.0 Å². The SMILES string of the molecule is CCc1cc(-c2n[nH]c(C3=CC=C(C(F)(F)F)NC3)n2)cc(C)c1OCC[C@@H](O)CO. The van der Waals surface area contributed by atoms with Crippen LogP contribution < -0.4 is 10.1 Å². The maximum Gasteiger partial charge on any atom is 0.430 e. The highest BCUT2D eigenvalue weighted by Gasteiger charge is 2.34. The van der Waals surface area contributed by atoms with Crippen molar-refractivity contribution in [3.8, 4) is 17.1 Å². The molecule has 0 saturated heterocycles. The molecule has 0 saturated carbocycles. The molecule has 2 aromatic rings. The number of alkyl halides is 3. The van der Waals surface area contributed by atoms with Gasteiger partial charge in [0.1, 0.15) is 11.4 Å². The first-order chi connectivity index (χ1) is 14.7. The Kier molecular flexibility index (Phi) is 7.01. The number of aliphatic hydroxyl groups excluding tert-OH is 2. The Balaban J connectivity index is 1.80. The molecule has 0 unspecified atom stereocenters. The van der Waals surface area contributed by atoms with Gasteiger partial charge in [-0.25, -0.2) is 4.98 Å². The van der Waals surface area contributed by atoms with Crippen LogP contribution in [0.25, 0.3) is 17.0 Å². The van der Waals surface area contributed by atoms with Gasteiger partial charge in [-0.3, -0.25) is 5.10 Å². The van der Waals surface area contributed by atoms with Gasteiger partial charge in [-0.05, 0) is 42.7 Å². The van der Waals surface area contributed by atoms with Crippen molar-refractivity contribution in [2.75, 3.05) is 19.8 Å². The topological polar surface area (TPSA) is 103 Å². The number of ether oxygens (including phenoxy) is 1. The molecule has 0 bridgehead atoms. The monoisotopic (exact) mass is 438 g/mol. The molecule has 0 spiro atoms. The van der Waals surface area contributed by atoms with Crippen LogP contribution in [0.3, 0.4) is 0 Å². The van der Waals surface area contributed by atoms with E-state index in [-0.39, 0.29) is 19.8 Å². The molecule has 0 aliphatic carbocycles. The number of allylic oxidation sites excluding steroid dienone is 3. The number of benzene rings is 1. The van der Waals surface area contributed by atoms with Crippen molar-refractivity contribution in [3.63, 3.8) is 0 Å². The average Bonchev–Trinajstić information content (AvgIpc) is 3.24. The lowest BCUT2D eigenvalue weighted by molar-refractivity contribution is -0.0964. The highest BCUT2D eigenvalue weighted by atomic mass is 19.4. The molecule has 1 aliphatic rings. The smallest absolute Gasteiger partial charge is 0.430 e. The molecule has 3 rings (SSSR count). The van der Waals surface area contributed by atoms with Gasteiger partial charge in [0.25, 0.3) is 0 Å². The number of aliphatic hydroxyl groups is 2. The Morgan fingerprint density at radius 1 is 1.26 bits per heavy atom. The molecule has 1 aliphatic heterocycles. The third-order valence-corrected chi connectivity index (χ3v) is 4.91. The first-order valence-corrected chi connectivity index (χ1v) is 9.93. The first kappa shape index (κ1) is 22.8. The highest BCUT2D eigenvalue weighted by Crippen LogP contribution is 2.31. The van der Waals surface area contributed by atoms with Gasteiger partial charge in [0.2, 0.25) is 0 Å². The molecule has 10 heteroatoms. The summed E-state index contributed by atoms with van der Waals surface area (Å²) in [5, 5.41) is 27.7. The second-order valence-electron chi connectivity index (χ2n) is 7.24. The lowest BCUT2D eigenvalue weighted by Gasteiger charge is -2.18. The van der Waals surface area contributed by atoms with E-state index in [1.807, 2.05) is 26.0 Å². The van der Waals surface area contributed by atoms with Crippen molar-refractivity contribution in [1.82, 2.24) is 20.5 Å². The number of aromatic nitrogens is 3. The summed E-state index contributed by atoms with van der Waals surface area (Å²) in [6, 6.07) is 3.78. The van der Waals surface area contributed by atoms with Gasteiger partial charge in [0.15, 0.2) is 11.6 Å². The van der Waals surface area contributed by atoms with Crippen molar-refractivity contribution >= 4 is 5.57 Å². The zero-order valence-corrected chi connectivity index (χ0v) is 17.3. The lowest BCUT2D eigenvalue weighted by atomic mass is 10.0. The maximum absolute atomic E-state index is 12.7. The molecule has 7 nitrogen and oxygen atoms in total. The van der Waals surface area contributed by atoms with E-state index in [1.54, 1.807) is 0 Å². The fourth-order valence-electron chi connectivity index (χ4n) is 3.22. The summed E-state index contributed by atoms with van der Waals surface area (Å²) >= 11 is 0. The number of nitrogens with one attached hydrogen (secondary N) is 2. The van der Waals surface area contributed by atoms with E-state index >= 15 is 0 Å². The van der Waals surface area contributed by atoms with E-state index in [0.29, 0.717) is 30.1 Å². The number of aryl methyl sites for hydroxylation is 2. The minimum absolute atomic E-state index is 0.00825. The second kappa shape index (κ2) is 9.52. The summed E-state index contributed by atoms with van der Waals surface area (Å²) in [7, 11) is 0. The van der Waals surface area contributed by atoms with Crippen LogP contribution in [0.2, 0.25) is 0 Å². The van der Waals surface area contributed by atoms with Crippen LogP contribution in [0.15, 0.2) is 30.0 Å². The first-order valence-electron chi connectivity index (χ1n) is 9.93. The number of nitrogens with zero attached hydrogens (tertiary/aromatic N) is 2. The van der Waals surface area contributed by atoms with Crippen molar-refractivity contribution in [3.05, 3.63) is 46.9 Å². The summed E-state index contributed by atoms with van der Waals surface area (Å²) in [5.74, 6) is 1.55. The number of halogens is 3. The van der Waals surface area contributed by atoms with E-state index < -0.39 is 18.0 Å². The van der Waals surface area contributed by atoms with Gasteiger partial charge in [-0.15, -0.1) is 0 Å². The third-order valence-electron chi connectivity index (χ3n) is 4.91. The Bertz CT molecular complexity index is 983. The summed E-state index contributed by atoms with van der Waals surface area (Å²) in [6.07, 6.45) is -1.85. The maximum atomic E-state index is 12.7. The standard InChI is InChI=1S/C21H25F3N4O3/c1-3-13-9-15(8-12(2)18(13)31-7-6-16(30)11-29)20-26-19(27-28-20)14-4-5-17(25-10-14)21(22,23)24/h4-5,8-9,16,25,29-30H,3,6-7,10-11H2,1-2H3,(H,26,27,28)/t16-/m1/s1. The molecule has 31 heavy (non-hydrogen) atoms. The zero-order chi connectivity index (χ0) is 22.6. The van der Waals surface area contributed by atoms with Gasteiger partial charge < -0.3 is 20.3 Å². The minimum atomic E-state index is -4.41. The molecule has 168 valence electrons. The van der Waals surface area contributed by atoms with Crippen LogP contribution in [-0.2, 0) is 6.42 Å². The number of hydrogen-bond acceptors (Lipinski definition) is 6. The fraction of sp³-hybridized carbons (Fsp3) is 0.429. The molecule has 0 fully saturated rings. The fourth-order valence-corrected chi connectivity index (χ4v) is 3.22. The van der Waals surface area contributed by atoms with E-state index in [2.05, 4.69) is 20.5 Å². The molecular formula is C21H25F3N4O3. The minimum Gasteiger partial charge on any atom is -0.493 e. The van der Waals surface area contributed by atoms with E-state index in [9.17, 15) is 18.3 Å². The van der Waals surface area contributed by atoms with Crippen LogP contribution in [0.1, 0.15) is 30.3 Å². The lowest BCUT2D eigenvalue weighted by Crippen LogP contribution is -2.29. The van der Waals surface area contributed by atoms with Gasteiger partial charge >= 0.3 is 6.18 Å². The Hall–Kier alpha value is -2.85. The van der Waals surface area contributed by atoms with Gasteiger partial charge in [0.05, 0.1) is 19.3 Å². The van der Waals surface area contributed by atoms with Crippen molar-refractivity contribution in [1.29, 1.82) is 0 Å². The molecular weight excluding hydrogens is 413 g/mol.